The van der Waals surface area contributed by atoms with Gasteiger partial charge in [-0.15, -0.1) is 0 Å². The van der Waals surface area contributed by atoms with Crippen LogP contribution in [-0.4, -0.2) is 60.9 Å². The maximum atomic E-state index is 11.4. The maximum Gasteiger partial charge on any atom is 0.219 e. The average molecular weight is 292 g/mol. The number of nitrogens with zero attached hydrogens (tertiary/aromatic N) is 3. The van der Waals surface area contributed by atoms with E-state index in [1.165, 1.54) is 25.7 Å². The Kier molecular flexibility index (Phi) is 4.09. The zero-order chi connectivity index (χ0) is 14.9. The molecule has 0 atom stereocenters. The third-order valence-electron chi connectivity index (χ3n) is 5.24. The van der Waals surface area contributed by atoms with Crippen molar-refractivity contribution in [2.75, 3.05) is 39.3 Å². The molecular formula is C16H28N4O. The third kappa shape index (κ3) is 3.33. The second-order valence-electron chi connectivity index (χ2n) is 6.80. The van der Waals surface area contributed by atoms with Gasteiger partial charge < -0.3 is 15.1 Å². The molecule has 2 aliphatic carbocycles. The van der Waals surface area contributed by atoms with E-state index in [2.05, 4.69) is 17.1 Å². The molecule has 0 aromatic heterocycles. The second kappa shape index (κ2) is 5.85. The smallest absolute Gasteiger partial charge is 0.219 e. The Morgan fingerprint density at radius 1 is 1.19 bits per heavy atom. The van der Waals surface area contributed by atoms with Crippen molar-refractivity contribution in [2.45, 2.75) is 39.5 Å². The van der Waals surface area contributed by atoms with Crippen molar-refractivity contribution >= 4 is 11.9 Å². The summed E-state index contributed by atoms with van der Waals surface area (Å²) in [6.07, 6.45) is 5.59. The minimum atomic E-state index is 0.183. The molecular weight excluding hydrogens is 264 g/mol. The fourth-order valence-corrected chi connectivity index (χ4v) is 3.44. The van der Waals surface area contributed by atoms with Crippen molar-refractivity contribution in [3.63, 3.8) is 0 Å². The molecule has 2 saturated carbocycles. The summed E-state index contributed by atoms with van der Waals surface area (Å²) < 4.78 is 0. The molecule has 0 aromatic rings. The minimum Gasteiger partial charge on any atom is -0.357 e. The molecule has 0 aromatic carbocycles. The van der Waals surface area contributed by atoms with Crippen LogP contribution in [0.1, 0.15) is 39.5 Å². The van der Waals surface area contributed by atoms with Gasteiger partial charge in [-0.3, -0.25) is 9.79 Å². The summed E-state index contributed by atoms with van der Waals surface area (Å²) >= 11 is 0. The highest BCUT2D eigenvalue weighted by Crippen LogP contribution is 2.61. The fourth-order valence-electron chi connectivity index (χ4n) is 3.44. The lowest BCUT2D eigenvalue weighted by atomic mass is 10.0. The monoisotopic (exact) mass is 292 g/mol. The molecule has 1 saturated heterocycles. The fraction of sp³-hybridized carbons (Fsp3) is 0.875. The lowest BCUT2D eigenvalue weighted by molar-refractivity contribution is -0.130. The molecule has 3 aliphatic rings. The van der Waals surface area contributed by atoms with E-state index in [0.717, 1.165) is 51.1 Å². The largest absolute Gasteiger partial charge is 0.357 e. The molecule has 0 bridgehead atoms. The van der Waals surface area contributed by atoms with Crippen LogP contribution in [0.15, 0.2) is 4.99 Å². The molecule has 0 spiro atoms. The Bertz CT molecular complexity index is 418. The predicted octanol–water partition coefficient (Wildman–Crippen LogP) is 1.31. The number of piperazine rings is 1. The predicted molar refractivity (Wildman–Crippen MR) is 84.2 cm³/mol. The molecule has 3 rings (SSSR count). The molecule has 1 amide bonds. The van der Waals surface area contributed by atoms with Crippen LogP contribution in [-0.2, 0) is 4.79 Å². The van der Waals surface area contributed by atoms with Gasteiger partial charge in [-0.1, -0.05) is 0 Å². The first-order valence-corrected chi connectivity index (χ1v) is 8.43. The summed E-state index contributed by atoms with van der Waals surface area (Å²) in [7, 11) is 0. The third-order valence-corrected chi connectivity index (χ3v) is 5.24. The molecule has 1 N–H and O–H groups in total. The van der Waals surface area contributed by atoms with Gasteiger partial charge in [-0.2, -0.15) is 0 Å². The van der Waals surface area contributed by atoms with Crippen LogP contribution in [0.25, 0.3) is 0 Å². The van der Waals surface area contributed by atoms with Crippen LogP contribution in [0.3, 0.4) is 0 Å². The Labute approximate surface area is 127 Å². The minimum absolute atomic E-state index is 0.183. The number of nitrogens with one attached hydrogen (secondary N) is 1. The van der Waals surface area contributed by atoms with E-state index in [9.17, 15) is 4.79 Å². The van der Waals surface area contributed by atoms with Crippen LogP contribution in [0.5, 0.6) is 0 Å². The first-order valence-electron chi connectivity index (χ1n) is 8.43. The Balaban J connectivity index is 1.58. The van der Waals surface area contributed by atoms with Crippen molar-refractivity contribution in [2.24, 2.45) is 16.3 Å². The van der Waals surface area contributed by atoms with E-state index in [4.69, 9.17) is 4.99 Å². The van der Waals surface area contributed by atoms with E-state index in [-0.39, 0.29) is 5.91 Å². The van der Waals surface area contributed by atoms with E-state index >= 15 is 0 Å². The van der Waals surface area contributed by atoms with Gasteiger partial charge in [0.1, 0.15) is 0 Å². The standard InChI is InChI=1S/C16H28N4O/c1-3-17-15(18-12-16(6-7-16)14-4-5-14)20-10-8-19(9-11-20)13(2)21/h14H,3-12H2,1-2H3,(H,17,18). The summed E-state index contributed by atoms with van der Waals surface area (Å²) in [6.45, 7) is 9.08. The average Bonchev–Trinajstić information content (AvgIpc) is 3.37. The van der Waals surface area contributed by atoms with Crippen LogP contribution >= 0.6 is 0 Å². The van der Waals surface area contributed by atoms with Gasteiger partial charge in [0.15, 0.2) is 5.96 Å². The van der Waals surface area contributed by atoms with Gasteiger partial charge in [0.2, 0.25) is 5.91 Å². The van der Waals surface area contributed by atoms with E-state index < -0.39 is 0 Å². The van der Waals surface area contributed by atoms with Gasteiger partial charge in [-0.25, -0.2) is 0 Å². The number of carbonyl (C=O) groups excluding carboxylic acids is 1. The first-order chi connectivity index (χ1) is 10.1. The molecule has 1 heterocycles. The molecule has 5 heteroatoms. The molecule has 1 aliphatic heterocycles. The van der Waals surface area contributed by atoms with E-state index in [1.54, 1.807) is 6.92 Å². The summed E-state index contributed by atoms with van der Waals surface area (Å²) in [5.74, 6) is 2.19. The van der Waals surface area contributed by atoms with Crippen molar-refractivity contribution in [1.29, 1.82) is 0 Å². The number of rotatable bonds is 4. The van der Waals surface area contributed by atoms with Crippen molar-refractivity contribution < 1.29 is 4.79 Å². The zero-order valence-electron chi connectivity index (χ0n) is 13.4. The number of hydrogen-bond donors (Lipinski definition) is 1. The van der Waals surface area contributed by atoms with E-state index in [0.29, 0.717) is 5.41 Å². The van der Waals surface area contributed by atoms with Crippen LogP contribution < -0.4 is 5.32 Å². The van der Waals surface area contributed by atoms with Crippen LogP contribution in [0, 0.1) is 11.3 Å². The topological polar surface area (TPSA) is 47.9 Å². The summed E-state index contributed by atoms with van der Waals surface area (Å²) in [4.78, 5) is 20.6. The number of guanidine groups is 1. The summed E-state index contributed by atoms with van der Waals surface area (Å²) in [5, 5.41) is 3.43. The Morgan fingerprint density at radius 3 is 2.29 bits per heavy atom. The van der Waals surface area contributed by atoms with E-state index in [1.807, 2.05) is 4.90 Å². The molecule has 0 radical (unpaired) electrons. The van der Waals surface area contributed by atoms with Gasteiger partial charge in [0, 0.05) is 46.2 Å². The Hall–Kier alpha value is -1.26. The molecule has 5 nitrogen and oxygen atoms in total. The number of hydrogen-bond acceptors (Lipinski definition) is 2. The Morgan fingerprint density at radius 2 is 1.81 bits per heavy atom. The summed E-state index contributed by atoms with van der Waals surface area (Å²) in [6, 6.07) is 0. The highest BCUT2D eigenvalue weighted by atomic mass is 16.2. The quantitative estimate of drug-likeness (QED) is 0.628. The van der Waals surface area contributed by atoms with Gasteiger partial charge in [0.25, 0.3) is 0 Å². The molecule has 21 heavy (non-hydrogen) atoms. The zero-order valence-corrected chi connectivity index (χ0v) is 13.4. The van der Waals surface area contributed by atoms with Gasteiger partial charge >= 0.3 is 0 Å². The highest BCUT2D eigenvalue weighted by Gasteiger charge is 2.53. The van der Waals surface area contributed by atoms with Crippen molar-refractivity contribution in [1.82, 2.24) is 15.1 Å². The normalized spacial score (nSPS) is 25.0. The lowest BCUT2D eigenvalue weighted by Gasteiger charge is -2.36. The number of aliphatic imine (C=N–C) groups is 1. The first kappa shape index (κ1) is 14.7. The van der Waals surface area contributed by atoms with Gasteiger partial charge in [-0.05, 0) is 43.9 Å². The molecule has 3 fully saturated rings. The van der Waals surface area contributed by atoms with Crippen LogP contribution in [0.4, 0.5) is 0 Å². The van der Waals surface area contributed by atoms with Crippen molar-refractivity contribution in [3.8, 4) is 0 Å². The highest BCUT2D eigenvalue weighted by molar-refractivity contribution is 5.80. The molecule has 0 unspecified atom stereocenters. The second-order valence-corrected chi connectivity index (χ2v) is 6.80. The molecule has 118 valence electrons. The maximum absolute atomic E-state index is 11.4. The van der Waals surface area contributed by atoms with Crippen LogP contribution in [0.2, 0.25) is 0 Å². The number of carbonyl (C=O) groups is 1. The number of amides is 1. The summed E-state index contributed by atoms with van der Waals surface area (Å²) in [5.41, 5.74) is 0.557. The van der Waals surface area contributed by atoms with Crippen molar-refractivity contribution in [3.05, 3.63) is 0 Å². The van der Waals surface area contributed by atoms with Gasteiger partial charge in [0.05, 0.1) is 0 Å². The SMILES string of the molecule is CCNC(=NCC1(C2CC2)CC1)N1CCN(C(C)=O)CC1. The lowest BCUT2D eigenvalue weighted by Crippen LogP contribution is -2.53.